The van der Waals surface area contributed by atoms with E-state index in [-0.39, 0.29) is 24.4 Å². The summed E-state index contributed by atoms with van der Waals surface area (Å²) in [6, 6.07) is 7.49. The monoisotopic (exact) mass is 420 g/mol. The Bertz CT molecular complexity index is 875. The molecule has 30 heavy (non-hydrogen) atoms. The van der Waals surface area contributed by atoms with Gasteiger partial charge in [0, 0.05) is 12.1 Å². The number of alkyl halides is 3. The maximum absolute atomic E-state index is 13.8. The van der Waals surface area contributed by atoms with E-state index in [1.54, 1.807) is 32.0 Å². The number of amides is 1. The van der Waals surface area contributed by atoms with E-state index < -0.39 is 24.2 Å². The van der Waals surface area contributed by atoms with Crippen LogP contribution in [-0.2, 0) is 4.79 Å². The molecule has 0 aliphatic rings. The smallest absolute Gasteiger partial charge is 0.407 e. The number of carbonyl (C=O) groups excluding carboxylic acids is 1. The van der Waals surface area contributed by atoms with E-state index in [2.05, 4.69) is 10.6 Å². The number of rotatable bonds is 8. The minimum Gasteiger partial charge on any atom is -0.619 e. The van der Waals surface area contributed by atoms with Crippen molar-refractivity contribution in [2.24, 2.45) is 5.92 Å². The minimum atomic E-state index is -4.63. The van der Waals surface area contributed by atoms with Crippen LogP contribution in [0.15, 0.2) is 48.8 Å². The van der Waals surface area contributed by atoms with Crippen LogP contribution in [0.2, 0.25) is 0 Å². The van der Waals surface area contributed by atoms with Gasteiger partial charge in [0.15, 0.2) is 12.4 Å². The first-order valence-electron chi connectivity index (χ1n) is 9.38. The first-order valence-corrected chi connectivity index (χ1v) is 9.38. The molecule has 6 nitrogen and oxygen atoms in total. The van der Waals surface area contributed by atoms with Crippen molar-refractivity contribution in [2.75, 3.05) is 6.54 Å². The molecule has 1 aromatic heterocycles. The van der Waals surface area contributed by atoms with Gasteiger partial charge in [0.2, 0.25) is 5.91 Å². The van der Waals surface area contributed by atoms with E-state index in [1.807, 2.05) is 0 Å². The van der Waals surface area contributed by atoms with Gasteiger partial charge in [0.1, 0.15) is 12.6 Å². The van der Waals surface area contributed by atoms with Crippen molar-refractivity contribution in [3.8, 4) is 17.2 Å². The highest BCUT2D eigenvalue weighted by molar-refractivity contribution is 5.82. The normalized spacial score (nSPS) is 13.5. The van der Waals surface area contributed by atoms with Gasteiger partial charge < -0.3 is 10.5 Å². The topological polar surface area (TPSA) is 91.9 Å². The van der Waals surface area contributed by atoms with Crippen molar-refractivity contribution < 1.29 is 22.7 Å². The largest absolute Gasteiger partial charge is 0.619 e. The molecule has 1 aromatic carbocycles. The predicted molar refractivity (Wildman–Crippen MR) is 105 cm³/mol. The highest BCUT2D eigenvalue weighted by Gasteiger charge is 2.42. The average molecular weight is 420 g/mol. The van der Waals surface area contributed by atoms with Crippen LogP contribution in [0.1, 0.15) is 31.9 Å². The molecular formula is C21H23F3N4O2. The summed E-state index contributed by atoms with van der Waals surface area (Å²) >= 11 is 0. The fourth-order valence-electron chi connectivity index (χ4n) is 3.03. The maximum atomic E-state index is 13.8. The second-order valence-corrected chi connectivity index (χ2v) is 7.27. The zero-order valence-electron chi connectivity index (χ0n) is 16.6. The van der Waals surface area contributed by atoms with Crippen molar-refractivity contribution in [1.82, 2.24) is 10.6 Å². The second kappa shape index (κ2) is 10.1. The zero-order chi connectivity index (χ0) is 22.3. The number of carbonyl (C=O) groups is 1. The van der Waals surface area contributed by atoms with Crippen LogP contribution in [0.3, 0.4) is 0 Å². The van der Waals surface area contributed by atoms with E-state index in [4.69, 9.17) is 5.26 Å². The van der Waals surface area contributed by atoms with E-state index in [0.29, 0.717) is 15.9 Å². The molecule has 2 aromatic rings. The van der Waals surface area contributed by atoms with E-state index in [0.717, 1.165) is 0 Å². The van der Waals surface area contributed by atoms with Gasteiger partial charge in [-0.15, -0.1) is 0 Å². The number of halogens is 3. The van der Waals surface area contributed by atoms with Crippen molar-refractivity contribution in [2.45, 2.75) is 38.5 Å². The molecular weight excluding hydrogens is 397 g/mol. The Kier molecular flexibility index (Phi) is 7.78. The van der Waals surface area contributed by atoms with Gasteiger partial charge in [-0.1, -0.05) is 38.1 Å². The molecule has 0 spiro atoms. The predicted octanol–water partition coefficient (Wildman–Crippen LogP) is 3.23. The van der Waals surface area contributed by atoms with Crippen LogP contribution < -0.4 is 15.4 Å². The first kappa shape index (κ1) is 23.2. The van der Waals surface area contributed by atoms with Gasteiger partial charge in [0.25, 0.3) is 0 Å². The van der Waals surface area contributed by atoms with Crippen molar-refractivity contribution in [3.63, 3.8) is 0 Å². The Hall–Kier alpha value is -3.12. The molecule has 0 fully saturated rings. The molecule has 0 saturated heterocycles. The summed E-state index contributed by atoms with van der Waals surface area (Å²) in [6.07, 6.45) is -1.84. The van der Waals surface area contributed by atoms with Crippen molar-refractivity contribution in [3.05, 3.63) is 59.6 Å². The molecule has 0 aliphatic heterocycles. The summed E-state index contributed by atoms with van der Waals surface area (Å²) in [6.45, 7) is 3.32. The van der Waals surface area contributed by atoms with E-state index in [9.17, 15) is 23.2 Å². The number of hydrogen-bond acceptors (Lipinski definition) is 4. The minimum absolute atomic E-state index is 0.0338. The van der Waals surface area contributed by atoms with Crippen LogP contribution in [-0.4, -0.2) is 24.7 Å². The molecule has 2 atom stereocenters. The Balaban J connectivity index is 2.28. The molecule has 160 valence electrons. The molecule has 0 bridgehead atoms. The molecule has 9 heteroatoms. The molecule has 0 radical (unpaired) electrons. The number of nitriles is 1. The Morgan fingerprint density at radius 1 is 1.13 bits per heavy atom. The quantitative estimate of drug-likeness (QED) is 0.390. The van der Waals surface area contributed by atoms with Gasteiger partial charge in [-0.05, 0) is 29.0 Å². The number of nitrogens with one attached hydrogen (secondary N) is 2. The fraction of sp³-hybridized carbons (Fsp3) is 0.381. The van der Waals surface area contributed by atoms with Crippen LogP contribution >= 0.6 is 0 Å². The van der Waals surface area contributed by atoms with Crippen molar-refractivity contribution >= 4 is 5.91 Å². The highest BCUT2D eigenvalue weighted by atomic mass is 19.4. The van der Waals surface area contributed by atoms with Crippen molar-refractivity contribution in [1.29, 1.82) is 5.26 Å². The number of benzene rings is 1. The number of hydrogen-bond donors (Lipinski definition) is 2. The Morgan fingerprint density at radius 3 is 2.20 bits per heavy atom. The molecule has 1 unspecified atom stereocenters. The average Bonchev–Trinajstić information content (AvgIpc) is 2.69. The number of pyridine rings is 1. The third kappa shape index (κ3) is 6.46. The van der Waals surface area contributed by atoms with E-state index in [1.165, 1.54) is 36.7 Å². The SMILES string of the molecule is CC(C)C[C@H](NC(c1ccc(-c2cc[n+]([O-])cc2)cc1)C(F)(F)F)C(=O)NCC#N. The fourth-order valence-corrected chi connectivity index (χ4v) is 3.03. The number of aromatic nitrogens is 1. The number of nitrogens with zero attached hydrogens (tertiary/aromatic N) is 2. The molecule has 2 N–H and O–H groups in total. The molecule has 1 heterocycles. The van der Waals surface area contributed by atoms with Gasteiger partial charge in [-0.2, -0.15) is 23.2 Å². The van der Waals surface area contributed by atoms with Gasteiger partial charge in [0.05, 0.1) is 12.1 Å². The summed E-state index contributed by atoms with van der Waals surface area (Å²) in [7, 11) is 0. The molecule has 0 saturated carbocycles. The highest BCUT2D eigenvalue weighted by Crippen LogP contribution is 2.34. The third-order valence-corrected chi connectivity index (χ3v) is 4.44. The lowest BCUT2D eigenvalue weighted by Gasteiger charge is -2.28. The lowest BCUT2D eigenvalue weighted by atomic mass is 9.98. The summed E-state index contributed by atoms with van der Waals surface area (Å²) in [4.78, 5) is 12.3. The third-order valence-electron chi connectivity index (χ3n) is 4.44. The molecule has 1 amide bonds. The summed E-state index contributed by atoms with van der Waals surface area (Å²) in [5, 5.41) is 24.5. The van der Waals surface area contributed by atoms with Crippen LogP contribution in [0.4, 0.5) is 13.2 Å². The maximum Gasteiger partial charge on any atom is 0.407 e. The summed E-state index contributed by atoms with van der Waals surface area (Å²) < 4.78 is 42.0. The van der Waals surface area contributed by atoms with Crippen LogP contribution in [0.25, 0.3) is 11.1 Å². The first-order chi connectivity index (χ1) is 14.1. The van der Waals surface area contributed by atoms with Crippen LogP contribution in [0.5, 0.6) is 0 Å². The second-order valence-electron chi connectivity index (χ2n) is 7.27. The molecule has 0 aliphatic carbocycles. The van der Waals surface area contributed by atoms with Gasteiger partial charge in [-0.3, -0.25) is 10.1 Å². The van der Waals surface area contributed by atoms with Gasteiger partial charge in [-0.25, -0.2) is 0 Å². The van der Waals surface area contributed by atoms with Gasteiger partial charge >= 0.3 is 6.18 Å². The molecule has 2 rings (SSSR count). The van der Waals surface area contributed by atoms with Crippen LogP contribution in [0, 0.1) is 22.5 Å². The van der Waals surface area contributed by atoms with E-state index >= 15 is 0 Å². The zero-order valence-corrected chi connectivity index (χ0v) is 16.6. The standard InChI is InChI=1S/C21H23F3N4O2/c1-14(2)13-18(20(29)26-10-9-25)27-19(21(22,23)24)17-5-3-15(4-6-17)16-7-11-28(30)12-8-16/h3-8,11-12,14,18-19,27H,10,13H2,1-2H3,(H,26,29)/t18-,19?/m0/s1. The lowest BCUT2D eigenvalue weighted by Crippen LogP contribution is -2.49. The summed E-state index contributed by atoms with van der Waals surface area (Å²) in [5.41, 5.74) is 1.31. The Morgan fingerprint density at radius 2 is 1.70 bits per heavy atom. The lowest BCUT2D eigenvalue weighted by molar-refractivity contribution is -0.605. The Labute approximate surface area is 172 Å². The summed E-state index contributed by atoms with van der Waals surface area (Å²) in [5.74, 6) is -0.681.